The minimum atomic E-state index is 0.684. The second kappa shape index (κ2) is 4.77. The maximum absolute atomic E-state index is 9.15. The van der Waals surface area contributed by atoms with Gasteiger partial charge in [-0.05, 0) is 30.5 Å². The second-order valence-corrected chi connectivity index (χ2v) is 4.04. The predicted molar refractivity (Wildman–Crippen MR) is 66.4 cm³/mol. The van der Waals surface area contributed by atoms with Crippen molar-refractivity contribution in [1.29, 1.82) is 5.26 Å². The lowest BCUT2D eigenvalue weighted by Gasteiger charge is -2.11. The van der Waals surface area contributed by atoms with Gasteiger partial charge in [-0.2, -0.15) is 5.26 Å². The van der Waals surface area contributed by atoms with Crippen LogP contribution in [0.4, 0.5) is 5.69 Å². The Morgan fingerprint density at radius 2 is 2.00 bits per heavy atom. The molecule has 4 heteroatoms. The third kappa shape index (κ3) is 2.05. The first-order valence-electron chi connectivity index (χ1n) is 4.82. The van der Waals surface area contributed by atoms with E-state index in [0.717, 1.165) is 10.6 Å². The number of nitrogens with one attached hydrogen (secondary N) is 1. The minimum absolute atomic E-state index is 0.684. The van der Waals surface area contributed by atoms with Gasteiger partial charge in [0.1, 0.15) is 6.07 Å². The van der Waals surface area contributed by atoms with Gasteiger partial charge >= 0.3 is 0 Å². The topological polar surface area (TPSA) is 40.8 Å². The molecule has 0 radical (unpaired) electrons. The summed E-state index contributed by atoms with van der Waals surface area (Å²) >= 11 is 1.58. The molecule has 0 spiro atoms. The standard InChI is InChI=1S/C12H11N3S/c1-16-12-6-4-5-11(10(12)9-13)14-15-7-2-3-8-15/h2-8,14H,1H3. The van der Waals surface area contributed by atoms with Crippen molar-refractivity contribution < 1.29 is 0 Å². The summed E-state index contributed by atoms with van der Waals surface area (Å²) < 4.78 is 1.82. The van der Waals surface area contributed by atoms with Crippen molar-refractivity contribution in [2.45, 2.75) is 4.90 Å². The lowest BCUT2D eigenvalue weighted by Crippen LogP contribution is -2.07. The summed E-state index contributed by atoms with van der Waals surface area (Å²) in [7, 11) is 0. The lowest BCUT2D eigenvalue weighted by atomic mass is 10.2. The first-order valence-corrected chi connectivity index (χ1v) is 6.04. The van der Waals surface area contributed by atoms with Crippen LogP contribution >= 0.6 is 11.8 Å². The van der Waals surface area contributed by atoms with E-state index in [0.29, 0.717) is 5.56 Å². The number of benzene rings is 1. The Labute approximate surface area is 98.7 Å². The fraction of sp³-hybridized carbons (Fsp3) is 0.0833. The molecule has 0 saturated carbocycles. The van der Waals surface area contributed by atoms with Crippen LogP contribution in [0.1, 0.15) is 5.56 Å². The SMILES string of the molecule is CSc1cccc(Nn2cccc2)c1C#N. The number of aromatic nitrogens is 1. The van der Waals surface area contributed by atoms with Crippen LogP contribution in [-0.2, 0) is 0 Å². The van der Waals surface area contributed by atoms with Gasteiger partial charge in [-0.3, -0.25) is 10.1 Å². The molecular weight excluding hydrogens is 218 g/mol. The third-order valence-corrected chi connectivity index (χ3v) is 2.99. The summed E-state index contributed by atoms with van der Waals surface area (Å²) in [6.07, 6.45) is 5.76. The number of hydrogen-bond donors (Lipinski definition) is 1. The molecule has 2 rings (SSSR count). The van der Waals surface area contributed by atoms with Crippen molar-refractivity contribution in [3.8, 4) is 6.07 Å². The monoisotopic (exact) mass is 229 g/mol. The average molecular weight is 229 g/mol. The number of anilines is 1. The van der Waals surface area contributed by atoms with Gasteiger partial charge in [-0.15, -0.1) is 11.8 Å². The van der Waals surface area contributed by atoms with Crippen LogP contribution in [0.5, 0.6) is 0 Å². The van der Waals surface area contributed by atoms with E-state index in [4.69, 9.17) is 5.26 Å². The highest BCUT2D eigenvalue weighted by atomic mass is 32.2. The molecule has 0 aliphatic heterocycles. The number of nitriles is 1. The molecule has 0 bridgehead atoms. The Morgan fingerprint density at radius 3 is 2.62 bits per heavy atom. The number of nitrogens with zero attached hydrogens (tertiary/aromatic N) is 2. The molecule has 1 heterocycles. The first-order chi connectivity index (χ1) is 7.85. The smallest absolute Gasteiger partial charge is 0.103 e. The van der Waals surface area contributed by atoms with Gasteiger partial charge in [0.05, 0.1) is 11.3 Å². The Hall–Kier alpha value is -1.86. The summed E-state index contributed by atoms with van der Waals surface area (Å²) in [4.78, 5) is 0.986. The third-order valence-electron chi connectivity index (χ3n) is 2.21. The van der Waals surface area contributed by atoms with Crippen molar-refractivity contribution in [2.75, 3.05) is 11.7 Å². The highest BCUT2D eigenvalue weighted by Gasteiger charge is 2.06. The van der Waals surface area contributed by atoms with E-state index in [1.165, 1.54) is 0 Å². The van der Waals surface area contributed by atoms with Crippen LogP contribution in [0, 0.1) is 11.3 Å². The highest BCUT2D eigenvalue weighted by Crippen LogP contribution is 2.26. The largest absolute Gasteiger partial charge is 0.294 e. The number of hydrogen-bond acceptors (Lipinski definition) is 3. The van der Waals surface area contributed by atoms with Gasteiger partial charge in [0, 0.05) is 17.3 Å². The second-order valence-electron chi connectivity index (χ2n) is 3.20. The molecule has 0 aliphatic carbocycles. The summed E-state index contributed by atoms with van der Waals surface area (Å²) in [5.41, 5.74) is 4.67. The van der Waals surface area contributed by atoms with E-state index in [1.807, 2.05) is 53.7 Å². The van der Waals surface area contributed by atoms with Gasteiger partial charge in [0.15, 0.2) is 0 Å². The zero-order valence-electron chi connectivity index (χ0n) is 8.84. The van der Waals surface area contributed by atoms with Crippen molar-refractivity contribution in [3.63, 3.8) is 0 Å². The molecule has 0 saturated heterocycles. The van der Waals surface area contributed by atoms with E-state index in [2.05, 4.69) is 11.5 Å². The molecule has 1 aromatic heterocycles. The zero-order valence-corrected chi connectivity index (χ0v) is 9.66. The van der Waals surface area contributed by atoms with Crippen LogP contribution in [0.2, 0.25) is 0 Å². The minimum Gasteiger partial charge on any atom is -0.294 e. The lowest BCUT2D eigenvalue weighted by molar-refractivity contribution is 0.967. The molecule has 3 nitrogen and oxygen atoms in total. The van der Waals surface area contributed by atoms with Crippen LogP contribution in [0.3, 0.4) is 0 Å². The first kappa shape index (κ1) is 10.7. The molecule has 0 atom stereocenters. The summed E-state index contributed by atoms with van der Waals surface area (Å²) in [6.45, 7) is 0. The number of thioether (sulfide) groups is 1. The van der Waals surface area contributed by atoms with Crippen molar-refractivity contribution in [3.05, 3.63) is 48.3 Å². The fourth-order valence-corrected chi connectivity index (χ4v) is 2.03. The molecule has 1 aromatic carbocycles. The maximum atomic E-state index is 9.15. The van der Waals surface area contributed by atoms with Crippen LogP contribution < -0.4 is 5.43 Å². The zero-order chi connectivity index (χ0) is 11.4. The molecule has 0 fully saturated rings. The van der Waals surface area contributed by atoms with E-state index in [9.17, 15) is 0 Å². The molecule has 0 amide bonds. The number of rotatable bonds is 3. The molecule has 80 valence electrons. The van der Waals surface area contributed by atoms with Crippen LogP contribution in [0.15, 0.2) is 47.6 Å². The Kier molecular flexibility index (Phi) is 3.18. The summed E-state index contributed by atoms with van der Waals surface area (Å²) in [5.74, 6) is 0. The normalized spacial score (nSPS) is 9.75. The predicted octanol–water partition coefficient (Wildman–Crippen LogP) is 2.96. The Morgan fingerprint density at radius 1 is 1.25 bits per heavy atom. The van der Waals surface area contributed by atoms with Gasteiger partial charge in [-0.25, -0.2) is 0 Å². The van der Waals surface area contributed by atoms with Crippen molar-refractivity contribution >= 4 is 17.4 Å². The van der Waals surface area contributed by atoms with E-state index >= 15 is 0 Å². The molecule has 0 aliphatic rings. The molecule has 2 aromatic rings. The van der Waals surface area contributed by atoms with Gasteiger partial charge in [0.25, 0.3) is 0 Å². The molecule has 1 N–H and O–H groups in total. The summed E-state index contributed by atoms with van der Waals surface area (Å²) in [5, 5.41) is 9.15. The van der Waals surface area contributed by atoms with Crippen LogP contribution in [-0.4, -0.2) is 10.9 Å². The highest BCUT2D eigenvalue weighted by molar-refractivity contribution is 7.98. The van der Waals surface area contributed by atoms with Crippen molar-refractivity contribution in [2.24, 2.45) is 0 Å². The maximum Gasteiger partial charge on any atom is 0.103 e. The van der Waals surface area contributed by atoms with Crippen molar-refractivity contribution in [1.82, 2.24) is 4.68 Å². The van der Waals surface area contributed by atoms with E-state index in [-0.39, 0.29) is 0 Å². The van der Waals surface area contributed by atoms with E-state index in [1.54, 1.807) is 11.8 Å². The Bertz CT molecular complexity index is 512. The molecule has 16 heavy (non-hydrogen) atoms. The van der Waals surface area contributed by atoms with Gasteiger partial charge in [0.2, 0.25) is 0 Å². The van der Waals surface area contributed by atoms with E-state index < -0.39 is 0 Å². The molecule has 0 unspecified atom stereocenters. The molecular formula is C12H11N3S. The van der Waals surface area contributed by atoms with Crippen LogP contribution in [0.25, 0.3) is 0 Å². The Balaban J connectivity index is 2.38. The summed E-state index contributed by atoms with van der Waals surface area (Å²) in [6, 6.07) is 11.9. The average Bonchev–Trinajstić information content (AvgIpc) is 2.81. The fourth-order valence-electron chi connectivity index (χ4n) is 1.46. The van der Waals surface area contributed by atoms with Gasteiger partial charge < -0.3 is 0 Å². The quantitative estimate of drug-likeness (QED) is 0.823. The van der Waals surface area contributed by atoms with Gasteiger partial charge in [-0.1, -0.05) is 6.07 Å².